The minimum absolute atomic E-state index is 0.124. The molecule has 0 bridgehead atoms. The van der Waals surface area contributed by atoms with Crippen LogP contribution in [0, 0.1) is 0 Å². The summed E-state index contributed by atoms with van der Waals surface area (Å²) in [5.74, 6) is -0.380. The second kappa shape index (κ2) is 11.5. The van der Waals surface area contributed by atoms with Crippen LogP contribution in [-0.4, -0.2) is 28.3 Å². The molecule has 0 saturated carbocycles. The van der Waals surface area contributed by atoms with E-state index in [1.54, 1.807) is 23.1 Å². The Labute approximate surface area is 211 Å². The van der Waals surface area contributed by atoms with Gasteiger partial charge in [0.1, 0.15) is 6.04 Å². The number of amides is 2. The number of rotatable bonds is 8. The van der Waals surface area contributed by atoms with Crippen LogP contribution in [0.15, 0.2) is 78.9 Å². The van der Waals surface area contributed by atoms with E-state index in [2.05, 4.69) is 5.32 Å². The summed E-state index contributed by atoms with van der Waals surface area (Å²) in [6, 6.07) is 23.6. The molecule has 178 valence electrons. The van der Waals surface area contributed by atoms with Gasteiger partial charge in [0.05, 0.1) is 6.42 Å². The van der Waals surface area contributed by atoms with E-state index < -0.39 is 11.6 Å². The summed E-state index contributed by atoms with van der Waals surface area (Å²) in [7, 11) is 0. The van der Waals surface area contributed by atoms with E-state index in [9.17, 15) is 9.59 Å². The van der Waals surface area contributed by atoms with Gasteiger partial charge in [-0.25, -0.2) is 0 Å². The predicted octanol–water partition coefficient (Wildman–Crippen LogP) is 6.09. The van der Waals surface area contributed by atoms with Gasteiger partial charge < -0.3 is 10.2 Å². The Balaban J connectivity index is 2.00. The van der Waals surface area contributed by atoms with Gasteiger partial charge in [0.2, 0.25) is 11.8 Å². The van der Waals surface area contributed by atoms with E-state index >= 15 is 0 Å². The van der Waals surface area contributed by atoms with Crippen molar-refractivity contribution in [1.82, 2.24) is 10.2 Å². The molecule has 3 rings (SSSR count). The highest BCUT2D eigenvalue weighted by Crippen LogP contribution is 2.22. The highest BCUT2D eigenvalue weighted by Gasteiger charge is 2.32. The molecule has 4 nitrogen and oxygen atoms in total. The molecule has 0 saturated heterocycles. The van der Waals surface area contributed by atoms with E-state index in [1.807, 2.05) is 81.4 Å². The van der Waals surface area contributed by atoms with E-state index in [0.29, 0.717) is 16.5 Å². The monoisotopic (exact) mass is 496 g/mol. The van der Waals surface area contributed by atoms with E-state index in [1.165, 1.54) is 0 Å². The summed E-state index contributed by atoms with van der Waals surface area (Å²) in [5, 5.41) is 4.18. The molecular formula is C28H30Cl2N2O2. The number of hydrogen-bond acceptors (Lipinski definition) is 2. The molecule has 6 heteroatoms. The zero-order chi connectivity index (χ0) is 24.7. The van der Waals surface area contributed by atoms with Gasteiger partial charge >= 0.3 is 0 Å². The van der Waals surface area contributed by atoms with Crippen molar-refractivity contribution >= 4 is 35.0 Å². The number of nitrogens with zero attached hydrogens (tertiary/aromatic N) is 1. The predicted molar refractivity (Wildman–Crippen MR) is 139 cm³/mol. The van der Waals surface area contributed by atoms with Gasteiger partial charge in [-0.2, -0.15) is 0 Å². The highest BCUT2D eigenvalue weighted by molar-refractivity contribution is 6.31. The third-order valence-corrected chi connectivity index (χ3v) is 5.92. The number of benzene rings is 3. The first-order chi connectivity index (χ1) is 16.1. The van der Waals surface area contributed by atoms with Gasteiger partial charge in [-0.15, -0.1) is 0 Å². The fourth-order valence-corrected chi connectivity index (χ4v) is 4.15. The normalized spacial score (nSPS) is 12.1. The summed E-state index contributed by atoms with van der Waals surface area (Å²) in [5.41, 5.74) is 2.09. The second-order valence-electron chi connectivity index (χ2n) is 9.36. The van der Waals surface area contributed by atoms with Crippen LogP contribution in [0.25, 0.3) is 0 Å². The minimum Gasteiger partial charge on any atom is -0.350 e. The van der Waals surface area contributed by atoms with Gasteiger partial charge in [-0.1, -0.05) is 83.9 Å². The highest BCUT2D eigenvalue weighted by atomic mass is 35.5. The first kappa shape index (κ1) is 25.8. The maximum atomic E-state index is 13.7. The van der Waals surface area contributed by atoms with Crippen molar-refractivity contribution in [2.75, 3.05) is 0 Å². The first-order valence-corrected chi connectivity index (χ1v) is 12.0. The van der Waals surface area contributed by atoms with Crippen molar-refractivity contribution in [3.05, 3.63) is 106 Å². The SMILES string of the molecule is CC(C)(C)NC(=O)C(Cc1ccccc1)N(Cc1ccccc1Cl)C(=O)Cc1cccc(Cl)c1. The van der Waals surface area contributed by atoms with Crippen molar-refractivity contribution in [2.24, 2.45) is 0 Å². The van der Waals surface area contributed by atoms with Crippen LogP contribution >= 0.6 is 23.2 Å². The molecule has 0 aliphatic carbocycles. The topological polar surface area (TPSA) is 49.4 Å². The van der Waals surface area contributed by atoms with Crippen molar-refractivity contribution < 1.29 is 9.59 Å². The van der Waals surface area contributed by atoms with Crippen LogP contribution in [0.5, 0.6) is 0 Å². The fraction of sp³-hybridized carbons (Fsp3) is 0.286. The number of carbonyl (C=O) groups is 2. The largest absolute Gasteiger partial charge is 0.350 e. The molecule has 0 radical (unpaired) electrons. The lowest BCUT2D eigenvalue weighted by Crippen LogP contribution is -2.54. The lowest BCUT2D eigenvalue weighted by molar-refractivity contribution is -0.141. The zero-order valence-corrected chi connectivity index (χ0v) is 21.2. The smallest absolute Gasteiger partial charge is 0.243 e. The molecule has 0 spiro atoms. The summed E-state index contributed by atoms with van der Waals surface area (Å²) in [6.45, 7) is 6.00. The summed E-state index contributed by atoms with van der Waals surface area (Å²) >= 11 is 12.6. The van der Waals surface area contributed by atoms with E-state index in [-0.39, 0.29) is 24.8 Å². The summed E-state index contributed by atoms with van der Waals surface area (Å²) < 4.78 is 0. The van der Waals surface area contributed by atoms with Gasteiger partial charge in [0, 0.05) is 28.5 Å². The lowest BCUT2D eigenvalue weighted by Gasteiger charge is -2.34. The molecule has 1 atom stereocenters. The van der Waals surface area contributed by atoms with Crippen molar-refractivity contribution in [2.45, 2.75) is 51.7 Å². The van der Waals surface area contributed by atoms with E-state index in [4.69, 9.17) is 23.2 Å². The Morgan fingerprint density at radius 3 is 2.18 bits per heavy atom. The molecule has 3 aromatic rings. The van der Waals surface area contributed by atoms with Crippen LogP contribution in [0.3, 0.4) is 0 Å². The molecule has 0 heterocycles. The lowest BCUT2D eigenvalue weighted by atomic mass is 10.00. The molecule has 0 aliphatic rings. The van der Waals surface area contributed by atoms with E-state index in [0.717, 1.165) is 16.7 Å². The average molecular weight is 497 g/mol. The number of carbonyl (C=O) groups excluding carboxylic acids is 2. The maximum absolute atomic E-state index is 13.7. The quantitative estimate of drug-likeness (QED) is 0.410. The molecule has 3 aromatic carbocycles. The molecule has 2 amide bonds. The van der Waals surface area contributed by atoms with Gasteiger partial charge in [-0.05, 0) is 55.7 Å². The molecule has 1 N–H and O–H groups in total. The average Bonchev–Trinajstić information content (AvgIpc) is 2.77. The van der Waals surface area contributed by atoms with Gasteiger partial charge in [0.25, 0.3) is 0 Å². The Morgan fingerprint density at radius 1 is 0.882 bits per heavy atom. The van der Waals surface area contributed by atoms with Crippen molar-refractivity contribution in [3.8, 4) is 0 Å². The summed E-state index contributed by atoms with van der Waals surface area (Å²) in [6.07, 6.45) is 0.508. The summed E-state index contributed by atoms with van der Waals surface area (Å²) in [4.78, 5) is 28.9. The minimum atomic E-state index is -0.718. The van der Waals surface area contributed by atoms with Crippen LogP contribution in [0.2, 0.25) is 10.0 Å². The Morgan fingerprint density at radius 2 is 1.53 bits per heavy atom. The van der Waals surface area contributed by atoms with Gasteiger partial charge in [0.15, 0.2) is 0 Å². The van der Waals surface area contributed by atoms with Crippen LogP contribution in [0.4, 0.5) is 0 Å². The molecule has 1 unspecified atom stereocenters. The van der Waals surface area contributed by atoms with Crippen LogP contribution in [-0.2, 0) is 29.0 Å². The number of nitrogens with one attached hydrogen (secondary N) is 1. The zero-order valence-electron chi connectivity index (χ0n) is 19.7. The fourth-order valence-electron chi connectivity index (χ4n) is 3.74. The first-order valence-electron chi connectivity index (χ1n) is 11.3. The van der Waals surface area contributed by atoms with Crippen LogP contribution < -0.4 is 5.32 Å². The maximum Gasteiger partial charge on any atom is 0.243 e. The molecule has 0 aromatic heterocycles. The standard InChI is InChI=1S/C28H30Cl2N2O2/c1-28(2,3)31-27(34)25(17-20-10-5-4-6-11-20)32(19-22-13-7-8-15-24(22)30)26(33)18-21-12-9-14-23(29)16-21/h4-16,25H,17-19H2,1-3H3,(H,31,34). The molecule has 0 fully saturated rings. The second-order valence-corrected chi connectivity index (χ2v) is 10.2. The number of hydrogen-bond donors (Lipinski definition) is 1. The molecule has 34 heavy (non-hydrogen) atoms. The Bertz CT molecular complexity index is 1130. The molecule has 0 aliphatic heterocycles. The Hall–Kier alpha value is -2.82. The van der Waals surface area contributed by atoms with Gasteiger partial charge in [-0.3, -0.25) is 9.59 Å². The Kier molecular flexibility index (Phi) is 8.76. The van der Waals surface area contributed by atoms with Crippen LogP contribution in [0.1, 0.15) is 37.5 Å². The molecular weight excluding hydrogens is 467 g/mol. The third-order valence-electron chi connectivity index (χ3n) is 5.31. The van der Waals surface area contributed by atoms with Crippen molar-refractivity contribution in [1.29, 1.82) is 0 Å². The van der Waals surface area contributed by atoms with Crippen molar-refractivity contribution in [3.63, 3.8) is 0 Å². The number of halogens is 2. The third kappa shape index (κ3) is 7.61.